The second kappa shape index (κ2) is 9.34. The van der Waals surface area contributed by atoms with Crippen LogP contribution in [-0.2, 0) is 17.5 Å². The molecular weight excluding hydrogens is 375 g/mol. The van der Waals surface area contributed by atoms with Gasteiger partial charge in [0.25, 0.3) is 5.91 Å². The lowest BCUT2D eigenvalue weighted by Gasteiger charge is -2.22. The van der Waals surface area contributed by atoms with Crippen molar-refractivity contribution in [2.24, 2.45) is 0 Å². The summed E-state index contributed by atoms with van der Waals surface area (Å²) < 4.78 is 53.5. The van der Waals surface area contributed by atoms with Crippen LogP contribution in [0.3, 0.4) is 0 Å². The highest BCUT2D eigenvalue weighted by atomic mass is 19.4. The number of alkyl halides is 3. The monoisotopic (exact) mass is 397 g/mol. The fourth-order valence-corrected chi connectivity index (χ4v) is 2.55. The van der Waals surface area contributed by atoms with Crippen molar-refractivity contribution in [2.45, 2.75) is 19.6 Å². The molecule has 0 N–H and O–H groups in total. The zero-order valence-electron chi connectivity index (χ0n) is 15.9. The van der Waals surface area contributed by atoms with Gasteiger partial charge in [-0.15, -0.1) is 0 Å². The second-order valence-electron chi connectivity index (χ2n) is 5.91. The highest BCUT2D eigenvalue weighted by Crippen LogP contribution is 2.30. The van der Waals surface area contributed by atoms with Gasteiger partial charge in [-0.3, -0.25) is 4.79 Å². The van der Waals surface area contributed by atoms with Gasteiger partial charge in [-0.2, -0.15) is 13.2 Å². The van der Waals surface area contributed by atoms with Crippen LogP contribution in [0.15, 0.2) is 42.5 Å². The summed E-state index contributed by atoms with van der Waals surface area (Å²) in [5, 5.41) is 0. The maximum absolute atomic E-state index is 12.6. The third-order valence-electron chi connectivity index (χ3n) is 4.10. The first kappa shape index (κ1) is 21.4. The number of rotatable bonds is 8. The summed E-state index contributed by atoms with van der Waals surface area (Å²) in [5.41, 5.74) is 0.0807. The molecule has 28 heavy (non-hydrogen) atoms. The smallest absolute Gasteiger partial charge is 0.416 e. The lowest BCUT2D eigenvalue weighted by molar-refractivity contribution is -0.137. The van der Waals surface area contributed by atoms with E-state index < -0.39 is 11.7 Å². The molecule has 0 fully saturated rings. The zero-order chi connectivity index (χ0) is 20.7. The number of carbonyl (C=O) groups excluding carboxylic acids is 1. The molecule has 0 bridgehead atoms. The number of nitrogens with zero attached hydrogens (tertiary/aromatic N) is 1. The number of halogens is 3. The Kier molecular flexibility index (Phi) is 7.14. The minimum absolute atomic E-state index is 0.198. The van der Waals surface area contributed by atoms with Crippen molar-refractivity contribution >= 4 is 5.91 Å². The molecule has 2 rings (SSSR count). The molecule has 5 nitrogen and oxygen atoms in total. The van der Waals surface area contributed by atoms with Crippen molar-refractivity contribution in [1.82, 2.24) is 4.90 Å². The zero-order valence-corrected chi connectivity index (χ0v) is 15.9. The van der Waals surface area contributed by atoms with Crippen molar-refractivity contribution in [2.75, 3.05) is 27.4 Å². The van der Waals surface area contributed by atoms with E-state index in [0.29, 0.717) is 24.6 Å². The van der Waals surface area contributed by atoms with Gasteiger partial charge in [0.05, 0.1) is 19.8 Å². The lowest BCUT2D eigenvalue weighted by Crippen LogP contribution is -2.34. The molecule has 0 saturated heterocycles. The molecule has 1 amide bonds. The SMILES string of the molecule is CCN(Cc1ccc(OC)c(OC)c1)C(=O)COc1ccc(C(F)(F)F)cc1. The predicted molar refractivity (Wildman–Crippen MR) is 97.6 cm³/mol. The summed E-state index contributed by atoms with van der Waals surface area (Å²) in [6.07, 6.45) is -4.41. The molecule has 2 aromatic carbocycles. The first-order chi connectivity index (χ1) is 13.3. The van der Waals surface area contributed by atoms with Crippen molar-refractivity contribution in [3.63, 3.8) is 0 Å². The van der Waals surface area contributed by atoms with E-state index in [-0.39, 0.29) is 18.3 Å². The van der Waals surface area contributed by atoms with Crippen molar-refractivity contribution in [1.29, 1.82) is 0 Å². The Morgan fingerprint density at radius 1 is 1.00 bits per heavy atom. The molecule has 0 aliphatic rings. The first-order valence-electron chi connectivity index (χ1n) is 8.57. The molecule has 8 heteroatoms. The fourth-order valence-electron chi connectivity index (χ4n) is 2.55. The maximum Gasteiger partial charge on any atom is 0.416 e. The number of benzene rings is 2. The van der Waals surface area contributed by atoms with Crippen molar-refractivity contribution in [3.8, 4) is 17.2 Å². The minimum atomic E-state index is -4.41. The van der Waals surface area contributed by atoms with Gasteiger partial charge < -0.3 is 19.1 Å². The van der Waals surface area contributed by atoms with E-state index >= 15 is 0 Å². The second-order valence-corrected chi connectivity index (χ2v) is 5.91. The van der Waals surface area contributed by atoms with Crippen LogP contribution in [-0.4, -0.2) is 38.2 Å². The third kappa shape index (κ3) is 5.55. The van der Waals surface area contributed by atoms with Crippen LogP contribution in [0.1, 0.15) is 18.1 Å². The average Bonchev–Trinajstić information content (AvgIpc) is 2.69. The van der Waals surface area contributed by atoms with E-state index in [1.54, 1.807) is 17.0 Å². The number of likely N-dealkylation sites (N-methyl/N-ethyl adjacent to an activating group) is 1. The quantitative estimate of drug-likeness (QED) is 0.672. The van der Waals surface area contributed by atoms with E-state index in [9.17, 15) is 18.0 Å². The Morgan fingerprint density at radius 2 is 1.64 bits per heavy atom. The number of ether oxygens (including phenoxy) is 3. The number of hydrogen-bond donors (Lipinski definition) is 0. The standard InChI is InChI=1S/C20H22F3NO4/c1-4-24(12-14-5-10-17(26-2)18(11-14)27-3)19(25)13-28-16-8-6-15(7-9-16)20(21,22)23/h5-11H,4,12-13H2,1-3H3. The van der Waals surface area contributed by atoms with Gasteiger partial charge in [-0.05, 0) is 48.9 Å². The Labute approximate surface area is 161 Å². The van der Waals surface area contributed by atoms with Gasteiger partial charge in [0.1, 0.15) is 5.75 Å². The van der Waals surface area contributed by atoms with Crippen molar-refractivity contribution < 1.29 is 32.2 Å². The number of methoxy groups -OCH3 is 2. The summed E-state index contributed by atoms with van der Waals surface area (Å²) in [5.74, 6) is 1.07. The van der Waals surface area contributed by atoms with Gasteiger partial charge in [-0.1, -0.05) is 6.07 Å². The fraction of sp³-hybridized carbons (Fsp3) is 0.350. The summed E-state index contributed by atoms with van der Waals surface area (Å²) in [6.45, 7) is 2.35. The third-order valence-corrected chi connectivity index (χ3v) is 4.10. The Hall–Kier alpha value is -2.90. The van der Waals surface area contributed by atoms with E-state index in [1.165, 1.54) is 26.4 Å². The molecule has 0 radical (unpaired) electrons. The molecule has 2 aromatic rings. The number of hydrogen-bond acceptors (Lipinski definition) is 4. The van der Waals surface area contributed by atoms with E-state index in [1.807, 2.05) is 13.0 Å². The van der Waals surface area contributed by atoms with Gasteiger partial charge in [0.2, 0.25) is 0 Å². The highest BCUT2D eigenvalue weighted by molar-refractivity contribution is 5.77. The topological polar surface area (TPSA) is 48.0 Å². The normalized spacial score (nSPS) is 11.1. The highest BCUT2D eigenvalue weighted by Gasteiger charge is 2.30. The Bertz CT molecular complexity index is 791. The molecule has 0 unspecified atom stereocenters. The Morgan fingerprint density at radius 3 is 2.18 bits per heavy atom. The summed E-state index contributed by atoms with van der Waals surface area (Å²) in [7, 11) is 3.07. The van der Waals surface area contributed by atoms with E-state index in [4.69, 9.17) is 14.2 Å². The van der Waals surface area contributed by atoms with Crippen LogP contribution in [0.4, 0.5) is 13.2 Å². The number of amides is 1. The molecule has 0 aliphatic heterocycles. The van der Waals surface area contributed by atoms with E-state index in [0.717, 1.165) is 17.7 Å². The van der Waals surface area contributed by atoms with Gasteiger partial charge in [-0.25, -0.2) is 0 Å². The lowest BCUT2D eigenvalue weighted by atomic mass is 10.2. The maximum atomic E-state index is 12.6. The predicted octanol–water partition coefficient (Wildman–Crippen LogP) is 4.15. The summed E-state index contributed by atoms with van der Waals surface area (Å²) in [4.78, 5) is 14.0. The average molecular weight is 397 g/mol. The molecule has 0 aliphatic carbocycles. The number of carbonyl (C=O) groups is 1. The van der Waals surface area contributed by atoms with Crippen LogP contribution in [0.25, 0.3) is 0 Å². The van der Waals surface area contributed by atoms with Crippen LogP contribution in [0, 0.1) is 0 Å². The van der Waals surface area contributed by atoms with Gasteiger partial charge in [0.15, 0.2) is 18.1 Å². The van der Waals surface area contributed by atoms with Crippen LogP contribution in [0.5, 0.6) is 17.2 Å². The molecule has 0 atom stereocenters. The van der Waals surface area contributed by atoms with Crippen LogP contribution >= 0.6 is 0 Å². The molecule has 0 spiro atoms. The minimum Gasteiger partial charge on any atom is -0.493 e. The first-order valence-corrected chi connectivity index (χ1v) is 8.57. The van der Waals surface area contributed by atoms with Gasteiger partial charge >= 0.3 is 6.18 Å². The van der Waals surface area contributed by atoms with E-state index in [2.05, 4.69) is 0 Å². The molecule has 0 heterocycles. The molecule has 152 valence electrons. The molecule has 0 saturated carbocycles. The molecule has 0 aromatic heterocycles. The van der Waals surface area contributed by atoms with Gasteiger partial charge in [0, 0.05) is 13.1 Å². The van der Waals surface area contributed by atoms with Crippen molar-refractivity contribution in [3.05, 3.63) is 53.6 Å². The van der Waals surface area contributed by atoms with Crippen LogP contribution in [0.2, 0.25) is 0 Å². The summed E-state index contributed by atoms with van der Waals surface area (Å²) in [6, 6.07) is 9.59. The molecular formula is C20H22F3NO4. The van der Waals surface area contributed by atoms with Crippen LogP contribution < -0.4 is 14.2 Å². The largest absolute Gasteiger partial charge is 0.493 e. The Balaban J connectivity index is 1.98. The summed E-state index contributed by atoms with van der Waals surface area (Å²) >= 11 is 0.